The second-order valence-electron chi connectivity index (χ2n) is 2.28. The van der Waals surface area contributed by atoms with Crippen molar-refractivity contribution in [2.24, 2.45) is 0 Å². The molecule has 0 aromatic rings. The Hall–Kier alpha value is -1.39. The highest BCUT2D eigenvalue weighted by Crippen LogP contribution is 2.20. The largest absolute Gasteiger partial charge is 0.479 e. The minimum absolute atomic E-state index is 0.725. The summed E-state index contributed by atoms with van der Waals surface area (Å²) >= 11 is 0. The second-order valence-corrected chi connectivity index (χ2v) is 2.28. The van der Waals surface area contributed by atoms with Crippen molar-refractivity contribution in [3.05, 3.63) is 12.2 Å². The number of carboxylic acids is 1. The number of alkyl halides is 1. The number of aliphatic carboxylic acids is 1. The number of carboxylic acid groups (broad SMARTS) is 1. The van der Waals surface area contributed by atoms with E-state index in [4.69, 9.17) is 5.11 Å². The van der Waals surface area contributed by atoms with Gasteiger partial charge < -0.3 is 9.84 Å². The molecule has 1 unspecified atom stereocenters. The van der Waals surface area contributed by atoms with Crippen molar-refractivity contribution >= 4 is 11.9 Å². The van der Waals surface area contributed by atoms with Crippen molar-refractivity contribution in [1.29, 1.82) is 0 Å². The lowest BCUT2D eigenvalue weighted by atomic mass is 10.00. The van der Waals surface area contributed by atoms with E-state index >= 15 is 0 Å². The van der Waals surface area contributed by atoms with Crippen molar-refractivity contribution in [3.8, 4) is 0 Å². The number of ether oxygens (including phenoxy) is 1. The third kappa shape index (κ3) is 1.81. The molecule has 12 heavy (non-hydrogen) atoms. The van der Waals surface area contributed by atoms with Crippen LogP contribution in [0.1, 0.15) is 6.92 Å². The van der Waals surface area contributed by atoms with Crippen LogP contribution in [0.3, 0.4) is 0 Å². The molecule has 0 aliphatic carbocycles. The van der Waals surface area contributed by atoms with Gasteiger partial charge in [-0.15, -0.1) is 0 Å². The summed E-state index contributed by atoms with van der Waals surface area (Å²) in [6.07, 6.45) is 0. The number of rotatable bonds is 3. The first-order valence-electron chi connectivity index (χ1n) is 3.04. The van der Waals surface area contributed by atoms with Gasteiger partial charge in [0, 0.05) is 0 Å². The Bertz CT molecular complexity index is 232. The molecule has 1 N–H and O–H groups in total. The molecule has 68 valence electrons. The van der Waals surface area contributed by atoms with Crippen LogP contribution in [0.2, 0.25) is 0 Å². The first-order chi connectivity index (χ1) is 5.34. The van der Waals surface area contributed by atoms with Crippen LogP contribution in [0.4, 0.5) is 4.39 Å². The van der Waals surface area contributed by atoms with Gasteiger partial charge in [0.1, 0.15) is 0 Å². The number of hydrogen-bond acceptors (Lipinski definition) is 3. The maximum absolute atomic E-state index is 13.0. The van der Waals surface area contributed by atoms with Crippen LogP contribution in [0.15, 0.2) is 12.2 Å². The third-order valence-corrected chi connectivity index (χ3v) is 1.40. The van der Waals surface area contributed by atoms with Gasteiger partial charge in [-0.1, -0.05) is 6.58 Å². The van der Waals surface area contributed by atoms with Crippen LogP contribution < -0.4 is 0 Å². The molecule has 0 aliphatic heterocycles. The Morgan fingerprint density at radius 1 is 1.58 bits per heavy atom. The lowest BCUT2D eigenvalue weighted by molar-refractivity contribution is -0.151. The van der Waals surface area contributed by atoms with Gasteiger partial charge in [0.25, 0.3) is 0 Å². The molecule has 1 atom stereocenters. The number of methoxy groups -OCH3 is 1. The zero-order valence-corrected chi connectivity index (χ0v) is 6.76. The van der Waals surface area contributed by atoms with Gasteiger partial charge in [-0.3, -0.25) is 0 Å². The van der Waals surface area contributed by atoms with Crippen molar-refractivity contribution in [2.45, 2.75) is 12.6 Å². The molecular weight excluding hydrogens is 167 g/mol. The summed E-state index contributed by atoms with van der Waals surface area (Å²) in [7, 11) is 1.02. The van der Waals surface area contributed by atoms with Gasteiger partial charge in [0.15, 0.2) is 0 Å². The van der Waals surface area contributed by atoms with E-state index in [9.17, 15) is 14.0 Å². The highest BCUT2D eigenvalue weighted by Gasteiger charge is 2.40. The fourth-order valence-electron chi connectivity index (χ4n) is 0.444. The lowest BCUT2D eigenvalue weighted by Gasteiger charge is -2.15. The molecule has 0 aromatic heterocycles. The molecule has 5 heteroatoms. The molecule has 0 rings (SSSR count). The molecule has 0 aromatic carbocycles. The SMILES string of the molecule is C=C(C(=O)OC)C(C)(F)C(=O)O. The number of esters is 1. The zero-order valence-electron chi connectivity index (χ0n) is 6.76. The van der Waals surface area contributed by atoms with Crippen molar-refractivity contribution in [2.75, 3.05) is 7.11 Å². The average Bonchev–Trinajstić information content (AvgIpc) is 2.01. The van der Waals surface area contributed by atoms with E-state index in [0.717, 1.165) is 14.0 Å². The molecule has 0 heterocycles. The van der Waals surface area contributed by atoms with E-state index in [1.54, 1.807) is 0 Å². The first-order valence-corrected chi connectivity index (χ1v) is 3.04. The molecule has 0 spiro atoms. The number of carbonyl (C=O) groups is 2. The molecule has 0 bridgehead atoms. The molecule has 0 saturated heterocycles. The van der Waals surface area contributed by atoms with Crippen LogP contribution in [-0.4, -0.2) is 29.8 Å². The molecule has 4 nitrogen and oxygen atoms in total. The Morgan fingerprint density at radius 2 is 2.00 bits per heavy atom. The number of carbonyl (C=O) groups excluding carboxylic acids is 1. The van der Waals surface area contributed by atoms with Crippen LogP contribution >= 0.6 is 0 Å². The maximum Gasteiger partial charge on any atom is 0.346 e. The van der Waals surface area contributed by atoms with E-state index < -0.39 is 23.2 Å². The Morgan fingerprint density at radius 3 is 2.25 bits per heavy atom. The predicted molar refractivity (Wildman–Crippen MR) is 38.3 cm³/mol. The topological polar surface area (TPSA) is 63.6 Å². The fraction of sp³-hybridized carbons (Fsp3) is 0.429. The minimum Gasteiger partial charge on any atom is -0.479 e. The third-order valence-electron chi connectivity index (χ3n) is 1.40. The zero-order chi connectivity index (χ0) is 9.94. The van der Waals surface area contributed by atoms with Crippen LogP contribution in [-0.2, 0) is 14.3 Å². The van der Waals surface area contributed by atoms with Crippen LogP contribution in [0, 0.1) is 0 Å². The molecule has 0 amide bonds. The van der Waals surface area contributed by atoms with Crippen molar-refractivity contribution in [3.63, 3.8) is 0 Å². The van der Waals surface area contributed by atoms with E-state index in [1.807, 2.05) is 0 Å². The van der Waals surface area contributed by atoms with Gasteiger partial charge in [-0.2, -0.15) is 0 Å². The van der Waals surface area contributed by atoms with Gasteiger partial charge in [0.2, 0.25) is 5.67 Å². The fourth-order valence-corrected chi connectivity index (χ4v) is 0.444. The highest BCUT2D eigenvalue weighted by molar-refractivity contribution is 5.98. The summed E-state index contributed by atoms with van der Waals surface area (Å²) in [5, 5.41) is 8.31. The molecule has 0 radical (unpaired) electrons. The number of hydrogen-bond donors (Lipinski definition) is 1. The Labute approximate surface area is 68.6 Å². The van der Waals surface area contributed by atoms with E-state index in [1.165, 1.54) is 0 Å². The van der Waals surface area contributed by atoms with Gasteiger partial charge in [0.05, 0.1) is 12.7 Å². The van der Waals surface area contributed by atoms with Crippen molar-refractivity contribution < 1.29 is 23.8 Å². The average molecular weight is 176 g/mol. The molecule has 0 fully saturated rings. The van der Waals surface area contributed by atoms with Gasteiger partial charge in [-0.05, 0) is 6.92 Å². The van der Waals surface area contributed by atoms with Crippen molar-refractivity contribution in [1.82, 2.24) is 0 Å². The van der Waals surface area contributed by atoms with E-state index in [-0.39, 0.29) is 0 Å². The monoisotopic (exact) mass is 176 g/mol. The molecule has 0 aliphatic rings. The van der Waals surface area contributed by atoms with Gasteiger partial charge >= 0.3 is 11.9 Å². The van der Waals surface area contributed by atoms with Gasteiger partial charge in [-0.25, -0.2) is 14.0 Å². The lowest BCUT2D eigenvalue weighted by Crippen LogP contribution is -2.35. The summed E-state index contributed by atoms with van der Waals surface area (Å²) in [4.78, 5) is 20.9. The summed E-state index contributed by atoms with van der Waals surface area (Å²) in [6, 6.07) is 0. The van der Waals surface area contributed by atoms with Crippen LogP contribution in [0.25, 0.3) is 0 Å². The van der Waals surface area contributed by atoms with Crippen LogP contribution in [0.5, 0.6) is 0 Å². The Kier molecular flexibility index (Phi) is 2.95. The smallest absolute Gasteiger partial charge is 0.346 e. The summed E-state index contributed by atoms with van der Waals surface area (Å²) < 4.78 is 17.2. The quantitative estimate of drug-likeness (QED) is 0.503. The highest BCUT2D eigenvalue weighted by atomic mass is 19.1. The molecular formula is C7H9FO4. The summed E-state index contributed by atoms with van der Waals surface area (Å²) in [6.45, 7) is 3.72. The summed E-state index contributed by atoms with van der Waals surface area (Å²) in [5.74, 6) is -2.83. The first kappa shape index (κ1) is 10.6. The number of halogens is 1. The molecule has 0 saturated carbocycles. The Balaban J connectivity index is 4.69. The second kappa shape index (κ2) is 3.34. The minimum atomic E-state index is -2.77. The van der Waals surface area contributed by atoms with E-state index in [0.29, 0.717) is 0 Å². The normalized spacial score (nSPS) is 14.6. The maximum atomic E-state index is 13.0. The predicted octanol–water partition coefficient (Wildman–Crippen LogP) is 0.528. The van der Waals surface area contributed by atoms with E-state index in [2.05, 4.69) is 11.3 Å². The summed E-state index contributed by atoms with van der Waals surface area (Å²) in [5.41, 5.74) is -3.50. The standard InChI is InChI=1S/C7H9FO4/c1-4(5(9)12-3)7(2,8)6(10)11/h1H2,2-3H3,(H,10,11).